The summed E-state index contributed by atoms with van der Waals surface area (Å²) in [4.78, 5) is 14.0. The summed E-state index contributed by atoms with van der Waals surface area (Å²) in [5, 5.41) is 7.31. The fraction of sp³-hybridized carbons (Fsp3) is 0.444. The minimum atomic E-state index is -0.474. The van der Waals surface area contributed by atoms with E-state index >= 15 is 0 Å². The molecule has 1 N–H and O–H groups in total. The third-order valence-electron chi connectivity index (χ3n) is 3.87. The molecule has 3 rings (SSSR count). The lowest BCUT2D eigenvalue weighted by atomic mass is 9.98. The fourth-order valence-corrected chi connectivity index (χ4v) is 2.77. The summed E-state index contributed by atoms with van der Waals surface area (Å²) in [5.41, 5.74) is 3.87. The van der Waals surface area contributed by atoms with Gasteiger partial charge in [0.05, 0.1) is 6.54 Å². The molecule has 0 atom stereocenters. The van der Waals surface area contributed by atoms with E-state index in [9.17, 15) is 4.79 Å². The first-order valence-corrected chi connectivity index (χ1v) is 8.14. The molecule has 1 aromatic carbocycles. The lowest BCUT2D eigenvalue weighted by Gasteiger charge is -2.32. The van der Waals surface area contributed by atoms with Gasteiger partial charge in [-0.1, -0.05) is 17.3 Å². The van der Waals surface area contributed by atoms with E-state index < -0.39 is 5.60 Å². The van der Waals surface area contributed by atoms with Crippen molar-refractivity contribution in [2.24, 2.45) is 0 Å². The molecule has 1 aliphatic heterocycles. The predicted octanol–water partition coefficient (Wildman–Crippen LogP) is 3.58. The Morgan fingerprint density at radius 3 is 2.92 bits per heavy atom. The largest absolute Gasteiger partial charge is 0.444 e. The number of hydrogen-bond acceptors (Lipinski definition) is 5. The highest BCUT2D eigenvalue weighted by Gasteiger charge is 2.26. The van der Waals surface area contributed by atoms with Gasteiger partial charge in [0.2, 0.25) is 0 Å². The summed E-state index contributed by atoms with van der Waals surface area (Å²) in [6.45, 7) is 7.50. The Hall–Kier alpha value is -2.50. The Bertz CT molecular complexity index is 705. The van der Waals surface area contributed by atoms with E-state index in [0.29, 0.717) is 19.6 Å². The van der Waals surface area contributed by atoms with Gasteiger partial charge >= 0.3 is 6.09 Å². The molecular weight excluding hydrogens is 306 g/mol. The summed E-state index contributed by atoms with van der Waals surface area (Å²) in [6, 6.07) is 7.96. The number of anilines is 1. The number of amides is 1. The van der Waals surface area contributed by atoms with Crippen LogP contribution in [0.3, 0.4) is 0 Å². The third kappa shape index (κ3) is 3.88. The Balaban J connectivity index is 1.69. The molecule has 0 radical (unpaired) electrons. The fourth-order valence-electron chi connectivity index (χ4n) is 2.77. The maximum atomic E-state index is 12.3. The zero-order chi connectivity index (χ0) is 17.2. The molecule has 0 saturated heterocycles. The van der Waals surface area contributed by atoms with Crippen LogP contribution in [-0.4, -0.2) is 28.3 Å². The summed E-state index contributed by atoms with van der Waals surface area (Å²) < 4.78 is 10.3. The van der Waals surface area contributed by atoms with Crippen LogP contribution in [0, 0.1) is 0 Å². The van der Waals surface area contributed by atoms with Gasteiger partial charge in [0.15, 0.2) is 0 Å². The molecule has 1 aliphatic rings. The van der Waals surface area contributed by atoms with Gasteiger partial charge in [-0.25, -0.2) is 4.79 Å². The zero-order valence-corrected chi connectivity index (χ0v) is 14.3. The number of nitrogens with zero attached hydrogens (tertiary/aromatic N) is 2. The average molecular weight is 329 g/mol. The molecular formula is C18H23N3O3. The summed E-state index contributed by atoms with van der Waals surface area (Å²) >= 11 is 0. The highest BCUT2D eigenvalue weighted by Crippen LogP contribution is 2.27. The van der Waals surface area contributed by atoms with Crippen LogP contribution >= 0.6 is 0 Å². The van der Waals surface area contributed by atoms with E-state index in [4.69, 9.17) is 9.26 Å². The minimum absolute atomic E-state index is 0.255. The number of carbonyl (C=O) groups excluding carboxylic acids is 1. The number of aromatic nitrogens is 1. The van der Waals surface area contributed by atoms with E-state index in [-0.39, 0.29) is 6.09 Å². The van der Waals surface area contributed by atoms with Gasteiger partial charge in [-0.05, 0) is 44.4 Å². The molecule has 6 nitrogen and oxygen atoms in total. The van der Waals surface area contributed by atoms with Crippen molar-refractivity contribution in [1.82, 2.24) is 10.1 Å². The van der Waals surface area contributed by atoms with Crippen LogP contribution in [0.4, 0.5) is 10.5 Å². The van der Waals surface area contributed by atoms with Crippen molar-refractivity contribution in [3.8, 4) is 0 Å². The van der Waals surface area contributed by atoms with Crippen LogP contribution in [-0.2, 0) is 24.2 Å². The van der Waals surface area contributed by atoms with Crippen molar-refractivity contribution in [2.45, 2.75) is 45.9 Å². The molecule has 0 saturated carbocycles. The molecule has 0 unspecified atom stereocenters. The van der Waals surface area contributed by atoms with Crippen molar-refractivity contribution < 1.29 is 14.1 Å². The smallest absolute Gasteiger partial charge is 0.410 e. The second kappa shape index (κ2) is 6.55. The SMILES string of the molecule is CC(C)(C)OC(=O)N1CCc2c(cccc2NCc2ccon2)C1. The van der Waals surface area contributed by atoms with Crippen molar-refractivity contribution in [3.63, 3.8) is 0 Å². The Labute approximate surface area is 141 Å². The van der Waals surface area contributed by atoms with Crippen LogP contribution in [0.15, 0.2) is 35.1 Å². The summed E-state index contributed by atoms with van der Waals surface area (Å²) in [7, 11) is 0. The van der Waals surface area contributed by atoms with E-state index in [0.717, 1.165) is 23.4 Å². The van der Waals surface area contributed by atoms with E-state index in [1.165, 1.54) is 5.56 Å². The highest BCUT2D eigenvalue weighted by molar-refractivity contribution is 5.69. The lowest BCUT2D eigenvalue weighted by molar-refractivity contribution is 0.0224. The Morgan fingerprint density at radius 2 is 2.21 bits per heavy atom. The second-order valence-electron chi connectivity index (χ2n) is 6.94. The van der Waals surface area contributed by atoms with Crippen LogP contribution < -0.4 is 5.32 Å². The van der Waals surface area contributed by atoms with Gasteiger partial charge in [-0.15, -0.1) is 0 Å². The number of ether oxygens (including phenoxy) is 1. The topological polar surface area (TPSA) is 67.6 Å². The lowest BCUT2D eigenvalue weighted by Crippen LogP contribution is -2.40. The second-order valence-corrected chi connectivity index (χ2v) is 6.94. The number of carbonyl (C=O) groups is 1. The Morgan fingerprint density at radius 1 is 1.38 bits per heavy atom. The van der Waals surface area contributed by atoms with Crippen molar-refractivity contribution in [1.29, 1.82) is 0 Å². The molecule has 2 aromatic rings. The number of hydrogen-bond donors (Lipinski definition) is 1. The first-order valence-electron chi connectivity index (χ1n) is 8.14. The number of benzene rings is 1. The first kappa shape index (κ1) is 16.4. The molecule has 0 aliphatic carbocycles. The molecule has 0 spiro atoms. The predicted molar refractivity (Wildman–Crippen MR) is 90.6 cm³/mol. The van der Waals surface area contributed by atoms with Gasteiger partial charge < -0.3 is 19.5 Å². The summed E-state index contributed by atoms with van der Waals surface area (Å²) in [6.07, 6.45) is 2.11. The van der Waals surface area contributed by atoms with Crippen LogP contribution in [0.5, 0.6) is 0 Å². The van der Waals surface area contributed by atoms with Gasteiger partial charge in [-0.3, -0.25) is 0 Å². The molecule has 0 bridgehead atoms. The van der Waals surface area contributed by atoms with Crippen molar-refractivity contribution in [2.75, 3.05) is 11.9 Å². The maximum absolute atomic E-state index is 12.3. The average Bonchev–Trinajstić information content (AvgIpc) is 3.04. The summed E-state index contributed by atoms with van der Waals surface area (Å²) in [5.74, 6) is 0. The first-order chi connectivity index (χ1) is 11.4. The van der Waals surface area contributed by atoms with Crippen LogP contribution in [0.2, 0.25) is 0 Å². The van der Waals surface area contributed by atoms with Crippen LogP contribution in [0.1, 0.15) is 37.6 Å². The third-order valence-corrected chi connectivity index (χ3v) is 3.87. The van der Waals surface area contributed by atoms with Gasteiger partial charge in [-0.2, -0.15) is 0 Å². The minimum Gasteiger partial charge on any atom is -0.444 e. The molecule has 0 fully saturated rings. The van der Waals surface area contributed by atoms with Gasteiger partial charge in [0.1, 0.15) is 17.6 Å². The monoisotopic (exact) mass is 329 g/mol. The normalized spacial score (nSPS) is 14.2. The quantitative estimate of drug-likeness (QED) is 0.932. The number of nitrogens with one attached hydrogen (secondary N) is 1. The van der Waals surface area contributed by atoms with Crippen molar-refractivity contribution >= 4 is 11.8 Å². The Kier molecular flexibility index (Phi) is 4.46. The molecule has 6 heteroatoms. The zero-order valence-electron chi connectivity index (χ0n) is 14.3. The van der Waals surface area contributed by atoms with Crippen LogP contribution in [0.25, 0.3) is 0 Å². The van der Waals surface area contributed by atoms with Crippen molar-refractivity contribution in [3.05, 3.63) is 47.3 Å². The molecule has 1 amide bonds. The molecule has 2 heterocycles. The molecule has 1 aromatic heterocycles. The standard InChI is InChI=1S/C18H23N3O3/c1-18(2,3)24-17(22)21-9-7-15-13(12-21)5-4-6-16(15)19-11-14-8-10-23-20-14/h4-6,8,10,19H,7,9,11-12H2,1-3H3. The van der Waals surface area contributed by atoms with Gasteiger partial charge in [0, 0.05) is 24.8 Å². The molecule has 128 valence electrons. The number of rotatable bonds is 3. The van der Waals surface area contributed by atoms with Gasteiger partial charge in [0.25, 0.3) is 0 Å². The van der Waals surface area contributed by atoms with E-state index in [2.05, 4.69) is 22.6 Å². The molecule has 24 heavy (non-hydrogen) atoms. The van der Waals surface area contributed by atoms with E-state index in [1.54, 1.807) is 11.2 Å². The highest BCUT2D eigenvalue weighted by atomic mass is 16.6. The maximum Gasteiger partial charge on any atom is 0.410 e. The van der Waals surface area contributed by atoms with E-state index in [1.807, 2.05) is 32.9 Å². The number of fused-ring (bicyclic) bond motifs is 1.